The van der Waals surface area contributed by atoms with Crippen LogP contribution in [0.3, 0.4) is 0 Å². The molecule has 0 unspecified atom stereocenters. The monoisotopic (exact) mass is 354 g/mol. The number of non-ortho nitro benzene ring substituents is 1. The zero-order valence-electron chi connectivity index (χ0n) is 11.1. The van der Waals surface area contributed by atoms with Gasteiger partial charge in [-0.05, 0) is 6.07 Å². The summed E-state index contributed by atoms with van der Waals surface area (Å²) in [6.07, 6.45) is 0. The summed E-state index contributed by atoms with van der Waals surface area (Å²) in [6.45, 7) is 0. The minimum atomic E-state index is -0.523. The van der Waals surface area contributed by atoms with E-state index in [1.807, 2.05) is 0 Å². The molecule has 0 atom stereocenters. The molecule has 2 N–H and O–H groups in total. The van der Waals surface area contributed by atoms with Crippen molar-refractivity contribution < 1.29 is 9.66 Å². The zero-order valence-corrected chi connectivity index (χ0v) is 12.7. The number of benzene rings is 1. The third-order valence-electron chi connectivity index (χ3n) is 2.30. The van der Waals surface area contributed by atoms with Gasteiger partial charge < -0.3 is 15.4 Å². The molecule has 0 aliphatic rings. The van der Waals surface area contributed by atoms with Crippen molar-refractivity contribution in [3.63, 3.8) is 0 Å². The van der Waals surface area contributed by atoms with E-state index in [-0.39, 0.29) is 23.4 Å². The van der Waals surface area contributed by atoms with Crippen LogP contribution >= 0.6 is 15.9 Å². The Balaban J connectivity index is 2.36. The van der Waals surface area contributed by atoms with Crippen LogP contribution in [0.15, 0.2) is 22.7 Å². The number of hydrogen-bond donors (Lipinski definition) is 1. The molecule has 0 radical (unpaired) electrons. The predicted octanol–water partition coefficient (Wildman–Crippen LogP) is 1.98. The van der Waals surface area contributed by atoms with E-state index in [9.17, 15) is 10.1 Å². The predicted molar refractivity (Wildman–Crippen MR) is 79.4 cm³/mol. The molecule has 1 aromatic heterocycles. The maximum absolute atomic E-state index is 10.8. The zero-order chi connectivity index (χ0) is 15.6. The van der Waals surface area contributed by atoms with Crippen molar-refractivity contribution in [3.8, 4) is 11.8 Å². The van der Waals surface area contributed by atoms with Crippen LogP contribution < -0.4 is 15.4 Å². The number of halogens is 1. The Morgan fingerprint density at radius 2 is 2.00 bits per heavy atom. The maximum atomic E-state index is 10.8. The van der Waals surface area contributed by atoms with Crippen LogP contribution in [0.2, 0.25) is 0 Å². The van der Waals surface area contributed by atoms with E-state index in [1.54, 1.807) is 25.1 Å². The Labute approximate surface area is 128 Å². The molecule has 0 bridgehead atoms. The average Bonchev–Trinajstić information content (AvgIpc) is 2.37. The van der Waals surface area contributed by atoms with Crippen molar-refractivity contribution in [2.45, 2.75) is 0 Å². The molecule has 21 heavy (non-hydrogen) atoms. The fourth-order valence-electron chi connectivity index (χ4n) is 1.42. The number of nitrogen functional groups attached to an aromatic ring is 1. The summed E-state index contributed by atoms with van der Waals surface area (Å²) < 4.78 is 5.92. The van der Waals surface area contributed by atoms with Crippen molar-refractivity contribution in [1.29, 1.82) is 0 Å². The highest BCUT2D eigenvalue weighted by Gasteiger charge is 2.13. The van der Waals surface area contributed by atoms with Crippen molar-refractivity contribution in [1.82, 2.24) is 15.0 Å². The first-order valence-corrected chi connectivity index (χ1v) is 6.46. The Morgan fingerprint density at radius 1 is 1.29 bits per heavy atom. The van der Waals surface area contributed by atoms with Gasteiger partial charge in [-0.2, -0.15) is 15.0 Å². The molecule has 0 fully saturated rings. The quantitative estimate of drug-likeness (QED) is 0.653. The van der Waals surface area contributed by atoms with Gasteiger partial charge in [0.2, 0.25) is 11.9 Å². The highest BCUT2D eigenvalue weighted by Crippen LogP contribution is 2.28. The summed E-state index contributed by atoms with van der Waals surface area (Å²) >= 11 is 3.18. The summed E-state index contributed by atoms with van der Waals surface area (Å²) in [7, 11) is 3.48. The Hall–Kier alpha value is -2.49. The van der Waals surface area contributed by atoms with Crippen molar-refractivity contribution in [2.24, 2.45) is 0 Å². The minimum absolute atomic E-state index is 0.00630. The molecular weight excluding hydrogens is 344 g/mol. The molecule has 110 valence electrons. The second kappa shape index (κ2) is 5.87. The van der Waals surface area contributed by atoms with E-state index in [4.69, 9.17) is 10.5 Å². The summed E-state index contributed by atoms with van der Waals surface area (Å²) in [5.74, 6) is 0.529. The number of ether oxygens (including phenoxy) is 1. The third kappa shape index (κ3) is 3.75. The summed E-state index contributed by atoms with van der Waals surface area (Å²) in [4.78, 5) is 23.7. The average molecular weight is 355 g/mol. The van der Waals surface area contributed by atoms with Gasteiger partial charge in [-0.1, -0.05) is 15.9 Å². The first kappa shape index (κ1) is 14.9. The molecule has 0 aliphatic heterocycles. The van der Waals surface area contributed by atoms with E-state index in [0.717, 1.165) is 0 Å². The van der Waals surface area contributed by atoms with Gasteiger partial charge >= 0.3 is 6.01 Å². The van der Waals surface area contributed by atoms with E-state index >= 15 is 0 Å². The Bertz CT molecular complexity index is 694. The number of anilines is 2. The summed E-state index contributed by atoms with van der Waals surface area (Å²) in [6, 6.07) is 4.14. The minimum Gasteiger partial charge on any atom is -0.424 e. The molecule has 0 saturated heterocycles. The van der Waals surface area contributed by atoms with Crippen molar-refractivity contribution >= 4 is 33.5 Å². The summed E-state index contributed by atoms with van der Waals surface area (Å²) in [5, 5.41) is 10.8. The molecule has 2 aromatic rings. The molecule has 0 spiro atoms. The second-order valence-electron chi connectivity index (χ2n) is 4.17. The molecule has 0 aliphatic carbocycles. The van der Waals surface area contributed by atoms with Gasteiger partial charge in [0.05, 0.1) is 11.0 Å². The van der Waals surface area contributed by atoms with Crippen molar-refractivity contribution in [3.05, 3.63) is 32.8 Å². The lowest BCUT2D eigenvalue weighted by Gasteiger charge is -2.11. The number of nitrogens with zero attached hydrogens (tertiary/aromatic N) is 5. The molecular formula is C11H11BrN6O3. The van der Waals surface area contributed by atoms with Gasteiger partial charge in [-0.15, -0.1) is 0 Å². The largest absolute Gasteiger partial charge is 0.424 e. The molecule has 1 heterocycles. The summed E-state index contributed by atoms with van der Waals surface area (Å²) in [5.41, 5.74) is 5.46. The van der Waals surface area contributed by atoms with Crippen LogP contribution in [-0.4, -0.2) is 34.0 Å². The fourth-order valence-corrected chi connectivity index (χ4v) is 1.88. The van der Waals surface area contributed by atoms with E-state index in [0.29, 0.717) is 10.4 Å². The van der Waals surface area contributed by atoms with Gasteiger partial charge in [0.25, 0.3) is 5.69 Å². The van der Waals surface area contributed by atoms with Crippen LogP contribution in [0.25, 0.3) is 0 Å². The molecule has 10 heteroatoms. The lowest BCUT2D eigenvalue weighted by molar-refractivity contribution is -0.385. The van der Waals surface area contributed by atoms with Crippen LogP contribution in [0.4, 0.5) is 17.6 Å². The number of nitrogens with two attached hydrogens (primary N) is 1. The second-order valence-corrected chi connectivity index (χ2v) is 5.09. The molecule has 9 nitrogen and oxygen atoms in total. The first-order chi connectivity index (χ1) is 9.85. The van der Waals surface area contributed by atoms with Crippen molar-refractivity contribution in [2.75, 3.05) is 24.7 Å². The lowest BCUT2D eigenvalue weighted by Crippen LogP contribution is -2.15. The van der Waals surface area contributed by atoms with Crippen LogP contribution in [0, 0.1) is 10.1 Å². The highest BCUT2D eigenvalue weighted by molar-refractivity contribution is 9.10. The standard InChI is InChI=1S/C11H11BrN6O3/c1-17(2)10-14-9(13)15-11(16-10)21-8-4-6(12)3-7(5-8)18(19)20/h3-5H,1-2H3,(H2,13,14,15,16). The van der Waals surface area contributed by atoms with E-state index < -0.39 is 4.92 Å². The van der Waals surface area contributed by atoms with Gasteiger partial charge in [-0.25, -0.2) is 0 Å². The SMILES string of the molecule is CN(C)c1nc(N)nc(Oc2cc(Br)cc([N+](=O)[O-])c2)n1. The maximum Gasteiger partial charge on any atom is 0.328 e. The van der Waals surface area contributed by atoms with Crippen LogP contribution in [0.5, 0.6) is 11.8 Å². The molecule has 1 aromatic carbocycles. The van der Waals surface area contributed by atoms with E-state index in [1.165, 1.54) is 12.1 Å². The number of hydrogen-bond acceptors (Lipinski definition) is 8. The number of nitro groups is 1. The van der Waals surface area contributed by atoms with Crippen LogP contribution in [-0.2, 0) is 0 Å². The topological polar surface area (TPSA) is 120 Å². The molecule has 0 saturated carbocycles. The Morgan fingerprint density at radius 3 is 2.62 bits per heavy atom. The van der Waals surface area contributed by atoms with Crippen LogP contribution in [0.1, 0.15) is 0 Å². The number of nitro benzene ring substituents is 1. The van der Waals surface area contributed by atoms with Gasteiger partial charge in [0.15, 0.2) is 0 Å². The van der Waals surface area contributed by atoms with Gasteiger partial charge in [-0.3, -0.25) is 10.1 Å². The smallest absolute Gasteiger partial charge is 0.328 e. The van der Waals surface area contributed by atoms with Gasteiger partial charge in [0.1, 0.15) is 5.75 Å². The molecule has 2 rings (SSSR count). The third-order valence-corrected chi connectivity index (χ3v) is 2.75. The Kier molecular flexibility index (Phi) is 4.17. The number of aromatic nitrogens is 3. The highest BCUT2D eigenvalue weighted by atomic mass is 79.9. The number of rotatable bonds is 4. The normalized spacial score (nSPS) is 10.2. The fraction of sp³-hybridized carbons (Fsp3) is 0.182. The van der Waals surface area contributed by atoms with Gasteiger partial charge in [0, 0.05) is 24.6 Å². The van der Waals surface area contributed by atoms with E-state index in [2.05, 4.69) is 30.9 Å². The first-order valence-electron chi connectivity index (χ1n) is 5.67. The molecule has 0 amide bonds. The lowest BCUT2D eigenvalue weighted by atomic mass is 10.3.